The minimum atomic E-state index is -2.00. The van der Waals surface area contributed by atoms with Gasteiger partial charge in [-0.2, -0.15) is 0 Å². The van der Waals surface area contributed by atoms with Gasteiger partial charge in [-0.15, -0.1) is 0 Å². The van der Waals surface area contributed by atoms with Gasteiger partial charge in [-0.3, -0.25) is 57.7 Å². The predicted octanol–water partition coefficient (Wildman–Crippen LogP) is -4.81. The van der Waals surface area contributed by atoms with Crippen LogP contribution >= 0.6 is 0 Å². The van der Waals surface area contributed by atoms with Crippen LogP contribution in [0.25, 0.3) is 0 Å². The van der Waals surface area contributed by atoms with Gasteiger partial charge in [-0.05, 0) is 54.9 Å². The molecule has 0 saturated carbocycles. The van der Waals surface area contributed by atoms with E-state index in [1.807, 2.05) is 0 Å². The molecule has 0 aliphatic heterocycles. The molecule has 0 radical (unpaired) electrons. The molecule has 0 spiro atoms. The topological polar surface area (TPSA) is 510 Å². The number of nitrogens with one attached hydrogen (secondary N) is 9. The first-order valence-electron chi connectivity index (χ1n) is 26.9. The molecule has 0 unspecified atom stereocenters. The van der Waals surface area contributed by atoms with Crippen LogP contribution in [0.15, 0.2) is 35.3 Å². The number of carboxylic acid groups (broad SMARTS) is 2. The van der Waals surface area contributed by atoms with Gasteiger partial charge in [0.1, 0.15) is 60.4 Å². The summed E-state index contributed by atoms with van der Waals surface area (Å²) in [5.41, 5.74) is 22.4. The van der Waals surface area contributed by atoms with Gasteiger partial charge >= 0.3 is 11.9 Å². The molecule has 30 nitrogen and oxygen atoms in total. The van der Waals surface area contributed by atoms with E-state index < -0.39 is 169 Å². The summed E-state index contributed by atoms with van der Waals surface area (Å²) in [6, 6.07) is -7.40. The number of carboxylic acids is 2. The number of amides is 10. The molecule has 1 rings (SSSR count). The summed E-state index contributed by atoms with van der Waals surface area (Å²) in [5, 5.41) is 61.0. The van der Waals surface area contributed by atoms with Crippen molar-refractivity contribution in [2.45, 2.75) is 167 Å². The number of guanidine groups is 1. The number of primary amides is 1. The standard InChI is InChI=1S/C52H86N14O16/c1-9-28(8)41(66-47(77)35(22-39(70)71)60-46(76)34(21-38(54)69)59-44(74)32(18-25(2)3)61-49(79)40(27(6)7)65-42(72)30(53)23-67)50(80)62-33(20-29-14-11-10-12-15-29)45(75)64-37(24-68)48(78)58-31(16-13-17-57-52(55)56)43(73)63-36(51(81)82)19-26(4)5/h10-12,14-15,25-28,30-37,40-41,67-68H,9,13,16-24,53H2,1-8H3,(H2,54,69)(H,58,78)(H,59,74)(H,60,76)(H,61,79)(H,62,80)(H,63,73)(H,64,75)(H,65,72)(H,66,77)(H,70,71)(H,81,82)(H4,55,56,57)/t28-,30-,31-,32-,33-,34-,35-,36-,37-,40-,41-/m0/s1. The van der Waals surface area contributed by atoms with Crippen molar-refractivity contribution in [2.75, 3.05) is 19.8 Å². The van der Waals surface area contributed by atoms with Crippen LogP contribution in [-0.4, -0.2) is 178 Å². The van der Waals surface area contributed by atoms with Crippen LogP contribution < -0.4 is 70.8 Å². The Labute approximate surface area is 476 Å². The number of benzene rings is 1. The molecule has 10 amide bonds. The van der Waals surface area contributed by atoms with E-state index in [1.54, 1.807) is 78.8 Å². The summed E-state index contributed by atoms with van der Waals surface area (Å²) >= 11 is 0. The number of aliphatic imine (C=N–C) groups is 1. The molecule has 0 fully saturated rings. The van der Waals surface area contributed by atoms with Crippen molar-refractivity contribution in [3.05, 3.63) is 35.9 Å². The first-order chi connectivity index (χ1) is 38.3. The molecule has 11 atom stereocenters. The van der Waals surface area contributed by atoms with Crippen molar-refractivity contribution in [3.63, 3.8) is 0 Å². The van der Waals surface area contributed by atoms with Crippen molar-refractivity contribution in [3.8, 4) is 0 Å². The molecule has 21 N–H and O–H groups in total. The van der Waals surface area contributed by atoms with Crippen LogP contribution in [0.1, 0.15) is 106 Å². The molecule has 82 heavy (non-hydrogen) atoms. The fourth-order valence-corrected chi connectivity index (χ4v) is 7.93. The summed E-state index contributed by atoms with van der Waals surface area (Å²) in [7, 11) is 0. The van der Waals surface area contributed by atoms with E-state index in [9.17, 15) is 78.0 Å². The fourth-order valence-electron chi connectivity index (χ4n) is 7.93. The van der Waals surface area contributed by atoms with E-state index >= 15 is 0 Å². The molecule has 30 heteroatoms. The van der Waals surface area contributed by atoms with E-state index in [0.29, 0.717) is 5.56 Å². The molecule has 460 valence electrons. The van der Waals surface area contributed by atoms with Crippen LogP contribution in [0.2, 0.25) is 0 Å². The van der Waals surface area contributed by atoms with Gasteiger partial charge in [0.2, 0.25) is 59.1 Å². The number of aliphatic hydroxyl groups excluding tert-OH is 2. The predicted molar refractivity (Wildman–Crippen MR) is 296 cm³/mol. The molecule has 0 aromatic heterocycles. The third-order valence-corrected chi connectivity index (χ3v) is 12.6. The summed E-state index contributed by atoms with van der Waals surface area (Å²) < 4.78 is 0. The molecule has 0 bridgehead atoms. The van der Waals surface area contributed by atoms with E-state index in [4.69, 9.17) is 22.9 Å². The lowest BCUT2D eigenvalue weighted by atomic mass is 9.96. The number of aliphatic hydroxyl groups is 2. The maximum atomic E-state index is 14.4. The Hall–Kier alpha value is -7.99. The highest BCUT2D eigenvalue weighted by molar-refractivity contribution is 6.00. The van der Waals surface area contributed by atoms with Gasteiger partial charge in [0.05, 0.1) is 26.1 Å². The first kappa shape index (κ1) is 72.0. The Kier molecular flexibility index (Phi) is 32.0. The second kappa shape index (κ2) is 36.4. The highest BCUT2D eigenvalue weighted by Crippen LogP contribution is 2.14. The molecular weight excluding hydrogens is 1080 g/mol. The fraction of sp³-hybridized carbons (Fsp3) is 0.635. The highest BCUT2D eigenvalue weighted by atomic mass is 16.4. The number of hydrogen-bond donors (Lipinski definition) is 17. The third-order valence-electron chi connectivity index (χ3n) is 12.6. The molecule has 0 heterocycles. The lowest BCUT2D eigenvalue weighted by molar-refractivity contribution is -0.143. The second-order valence-electron chi connectivity index (χ2n) is 21.0. The SMILES string of the molecule is CC[C@H](C)[C@H](NC(=O)[C@H](CC(=O)O)NC(=O)[C@H](CC(N)=O)NC(=O)[C@H](CC(C)C)NC(=O)[C@@H](NC(=O)[C@@H](N)CO)C(C)C)C(=O)N[C@@H](Cc1ccccc1)C(=O)N[C@@H](CO)C(=O)N[C@@H](CCCN=C(N)N)C(=O)N[C@@H](CC(C)C)C(=O)O. The molecule has 0 saturated heterocycles. The zero-order valence-corrected chi connectivity index (χ0v) is 47.7. The monoisotopic (exact) mass is 1160 g/mol. The van der Waals surface area contributed by atoms with Crippen molar-refractivity contribution >= 4 is 77.0 Å². The summed E-state index contributed by atoms with van der Waals surface area (Å²) in [5.74, 6) is -15.4. The average Bonchev–Trinajstić information content (AvgIpc) is 3.48. The van der Waals surface area contributed by atoms with Gasteiger partial charge in [0, 0.05) is 13.0 Å². The van der Waals surface area contributed by atoms with Gasteiger partial charge in [-0.1, -0.05) is 92.1 Å². The zero-order chi connectivity index (χ0) is 62.6. The van der Waals surface area contributed by atoms with Crippen LogP contribution in [0, 0.1) is 23.7 Å². The number of aliphatic carboxylic acids is 2. The molecule has 1 aromatic carbocycles. The molecular formula is C52H86N14O16. The largest absolute Gasteiger partial charge is 0.481 e. The van der Waals surface area contributed by atoms with E-state index in [0.717, 1.165) is 0 Å². The maximum absolute atomic E-state index is 14.4. The van der Waals surface area contributed by atoms with Gasteiger partial charge < -0.3 is 91.2 Å². The highest BCUT2D eigenvalue weighted by Gasteiger charge is 2.38. The van der Waals surface area contributed by atoms with E-state index in [-0.39, 0.29) is 62.9 Å². The Balaban J connectivity index is 3.58. The Bertz CT molecular complexity index is 2370. The summed E-state index contributed by atoms with van der Waals surface area (Å²) in [4.78, 5) is 164. The Morgan fingerprint density at radius 3 is 1.45 bits per heavy atom. The number of carbonyl (C=O) groups is 12. The zero-order valence-electron chi connectivity index (χ0n) is 47.7. The first-order valence-corrected chi connectivity index (χ1v) is 26.9. The Morgan fingerprint density at radius 2 is 0.951 bits per heavy atom. The van der Waals surface area contributed by atoms with Crippen molar-refractivity contribution in [1.82, 2.24) is 47.9 Å². The number of carbonyl (C=O) groups excluding carboxylic acids is 10. The minimum Gasteiger partial charge on any atom is -0.481 e. The minimum absolute atomic E-state index is 0.0137. The van der Waals surface area contributed by atoms with Crippen molar-refractivity contribution in [1.29, 1.82) is 0 Å². The van der Waals surface area contributed by atoms with Gasteiger partial charge in [0.25, 0.3) is 0 Å². The van der Waals surface area contributed by atoms with Gasteiger partial charge in [-0.25, -0.2) is 4.79 Å². The Morgan fingerprint density at radius 1 is 0.512 bits per heavy atom. The van der Waals surface area contributed by atoms with E-state index in [1.165, 1.54) is 6.92 Å². The normalized spacial score (nSPS) is 15.2. The smallest absolute Gasteiger partial charge is 0.326 e. The van der Waals surface area contributed by atoms with Crippen molar-refractivity contribution in [2.24, 2.45) is 51.6 Å². The summed E-state index contributed by atoms with van der Waals surface area (Å²) in [6.45, 7) is 11.5. The quantitative estimate of drug-likeness (QED) is 0.0168. The van der Waals surface area contributed by atoms with Gasteiger partial charge in [0.15, 0.2) is 5.96 Å². The van der Waals surface area contributed by atoms with Crippen LogP contribution in [0.3, 0.4) is 0 Å². The molecule has 0 aliphatic rings. The average molecular weight is 1160 g/mol. The third kappa shape index (κ3) is 26.5. The maximum Gasteiger partial charge on any atom is 0.326 e. The lowest BCUT2D eigenvalue weighted by Gasteiger charge is -2.29. The van der Waals surface area contributed by atoms with Crippen LogP contribution in [0.4, 0.5) is 0 Å². The molecule has 1 aromatic rings. The number of rotatable bonds is 38. The molecule has 0 aliphatic carbocycles. The van der Waals surface area contributed by atoms with Crippen molar-refractivity contribution < 1.29 is 78.0 Å². The van der Waals surface area contributed by atoms with E-state index in [2.05, 4.69) is 52.8 Å². The number of nitrogens with two attached hydrogens (primary N) is 4. The van der Waals surface area contributed by atoms with Crippen LogP contribution in [-0.2, 0) is 64.0 Å². The summed E-state index contributed by atoms with van der Waals surface area (Å²) in [6.07, 6.45) is -2.09. The lowest BCUT2D eigenvalue weighted by Crippen LogP contribution is -2.62. The second-order valence-corrected chi connectivity index (χ2v) is 21.0. The van der Waals surface area contributed by atoms with Crippen LogP contribution in [0.5, 0.6) is 0 Å². The number of nitrogens with zero attached hydrogens (tertiary/aromatic N) is 1. The number of hydrogen-bond acceptors (Lipinski definition) is 16.